The first kappa shape index (κ1) is 15.1. The zero-order valence-electron chi connectivity index (χ0n) is 11.4. The van der Waals surface area contributed by atoms with Crippen LogP contribution in [0.4, 0.5) is 0 Å². The molecule has 2 rings (SSSR count). The van der Waals surface area contributed by atoms with Crippen molar-refractivity contribution in [2.45, 2.75) is 20.0 Å². The molecule has 0 saturated carbocycles. The van der Waals surface area contributed by atoms with E-state index >= 15 is 0 Å². The van der Waals surface area contributed by atoms with E-state index in [9.17, 15) is 5.11 Å². The summed E-state index contributed by atoms with van der Waals surface area (Å²) in [6, 6.07) is 5.31. The van der Waals surface area contributed by atoms with E-state index in [4.69, 9.17) is 27.9 Å². The van der Waals surface area contributed by atoms with Gasteiger partial charge in [-0.3, -0.25) is 4.98 Å². The lowest BCUT2D eigenvalue weighted by molar-refractivity contribution is 0.210. The predicted molar refractivity (Wildman–Crippen MR) is 80.8 cm³/mol. The zero-order chi connectivity index (χ0) is 14.9. The molecule has 1 N–H and O–H groups in total. The number of ether oxygens (including phenoxy) is 1. The summed E-state index contributed by atoms with van der Waals surface area (Å²) in [6.45, 7) is 3.93. The van der Waals surface area contributed by atoms with Crippen molar-refractivity contribution < 1.29 is 9.84 Å². The van der Waals surface area contributed by atoms with Gasteiger partial charge in [0.1, 0.15) is 11.9 Å². The van der Waals surface area contributed by atoms with Gasteiger partial charge < -0.3 is 9.84 Å². The number of aromatic nitrogens is 1. The van der Waals surface area contributed by atoms with Crippen molar-refractivity contribution in [3.8, 4) is 5.75 Å². The van der Waals surface area contributed by atoms with E-state index in [0.717, 1.165) is 11.1 Å². The Morgan fingerprint density at radius 2 is 1.95 bits per heavy atom. The molecule has 0 amide bonds. The molecule has 0 aliphatic carbocycles. The molecule has 1 aromatic heterocycles. The third-order valence-corrected chi connectivity index (χ3v) is 3.81. The molecule has 3 nitrogen and oxygen atoms in total. The van der Waals surface area contributed by atoms with Crippen LogP contribution in [-0.4, -0.2) is 17.2 Å². The molecule has 20 heavy (non-hydrogen) atoms. The van der Waals surface area contributed by atoms with Crippen LogP contribution in [0.5, 0.6) is 5.75 Å². The minimum atomic E-state index is -0.964. The summed E-state index contributed by atoms with van der Waals surface area (Å²) in [6.07, 6.45) is 0.494. The first-order valence-electron chi connectivity index (χ1n) is 6.08. The van der Waals surface area contributed by atoms with Crippen LogP contribution in [0.15, 0.2) is 24.4 Å². The Morgan fingerprint density at radius 1 is 1.25 bits per heavy atom. The second-order valence-electron chi connectivity index (χ2n) is 4.55. The molecule has 0 radical (unpaired) electrons. The highest BCUT2D eigenvalue weighted by Crippen LogP contribution is 2.36. The standard InChI is InChI=1S/C15H15Cl2NO2/c1-8-4-5-11(15(20-3)9(8)2)14(19)13-12(17)6-10(16)7-18-13/h4-7,14,19H,1-3H3. The van der Waals surface area contributed by atoms with E-state index in [0.29, 0.717) is 27.1 Å². The minimum Gasteiger partial charge on any atom is -0.496 e. The second kappa shape index (κ2) is 6.00. The van der Waals surface area contributed by atoms with Gasteiger partial charge in [0.25, 0.3) is 0 Å². The van der Waals surface area contributed by atoms with Crippen LogP contribution < -0.4 is 4.74 Å². The van der Waals surface area contributed by atoms with Crippen LogP contribution >= 0.6 is 23.2 Å². The molecule has 2 aromatic rings. The number of methoxy groups -OCH3 is 1. The second-order valence-corrected chi connectivity index (χ2v) is 5.40. The molecular formula is C15H15Cl2NO2. The summed E-state index contributed by atoms with van der Waals surface area (Å²) in [4.78, 5) is 4.11. The van der Waals surface area contributed by atoms with Crippen LogP contribution in [0.1, 0.15) is 28.5 Å². The van der Waals surface area contributed by atoms with Crippen molar-refractivity contribution in [3.63, 3.8) is 0 Å². The Kier molecular flexibility index (Phi) is 4.53. The van der Waals surface area contributed by atoms with Gasteiger partial charge in [-0.2, -0.15) is 0 Å². The van der Waals surface area contributed by atoms with Gasteiger partial charge in [0, 0.05) is 11.8 Å². The highest BCUT2D eigenvalue weighted by molar-refractivity contribution is 6.34. The van der Waals surface area contributed by atoms with Gasteiger partial charge in [0.2, 0.25) is 0 Å². The molecule has 0 aliphatic rings. The number of aliphatic hydroxyl groups excluding tert-OH is 1. The van der Waals surface area contributed by atoms with Crippen LogP contribution in [0, 0.1) is 13.8 Å². The third-order valence-electron chi connectivity index (χ3n) is 3.30. The summed E-state index contributed by atoms with van der Waals surface area (Å²) in [5, 5.41) is 11.3. The molecule has 0 bridgehead atoms. The van der Waals surface area contributed by atoms with E-state index in [1.165, 1.54) is 6.20 Å². The highest BCUT2D eigenvalue weighted by atomic mass is 35.5. The Hall–Kier alpha value is -1.29. The topological polar surface area (TPSA) is 42.4 Å². The van der Waals surface area contributed by atoms with Gasteiger partial charge in [-0.25, -0.2) is 0 Å². The molecule has 0 aliphatic heterocycles. The maximum absolute atomic E-state index is 10.5. The molecule has 106 valence electrons. The van der Waals surface area contributed by atoms with Crippen molar-refractivity contribution in [2.24, 2.45) is 0 Å². The van der Waals surface area contributed by atoms with Gasteiger partial charge in [0.05, 0.1) is 22.8 Å². The van der Waals surface area contributed by atoms with E-state index in [1.807, 2.05) is 26.0 Å². The monoisotopic (exact) mass is 311 g/mol. The number of rotatable bonds is 3. The van der Waals surface area contributed by atoms with Gasteiger partial charge in [-0.15, -0.1) is 0 Å². The van der Waals surface area contributed by atoms with Gasteiger partial charge in [-0.05, 0) is 31.0 Å². The SMILES string of the molecule is COc1c(C(O)c2ncc(Cl)cc2Cl)ccc(C)c1C. The fraction of sp³-hybridized carbons (Fsp3) is 0.267. The Morgan fingerprint density at radius 3 is 2.55 bits per heavy atom. The minimum absolute atomic E-state index is 0.324. The van der Waals surface area contributed by atoms with E-state index in [-0.39, 0.29) is 0 Å². The molecule has 1 aromatic carbocycles. The number of benzene rings is 1. The first-order chi connectivity index (χ1) is 9.45. The summed E-state index contributed by atoms with van der Waals surface area (Å²) >= 11 is 11.9. The Bertz CT molecular complexity index is 644. The van der Waals surface area contributed by atoms with Gasteiger partial charge >= 0.3 is 0 Å². The summed E-state index contributed by atoms with van der Waals surface area (Å²) < 4.78 is 5.41. The maximum Gasteiger partial charge on any atom is 0.128 e. The quantitative estimate of drug-likeness (QED) is 0.928. The number of pyridine rings is 1. The molecule has 1 atom stereocenters. The molecule has 0 saturated heterocycles. The van der Waals surface area contributed by atoms with Crippen molar-refractivity contribution >= 4 is 23.2 Å². The molecule has 1 heterocycles. The zero-order valence-corrected chi connectivity index (χ0v) is 13.0. The third kappa shape index (κ3) is 2.75. The smallest absolute Gasteiger partial charge is 0.128 e. The average molecular weight is 312 g/mol. The predicted octanol–water partition coefficient (Wildman–Crippen LogP) is 4.10. The largest absolute Gasteiger partial charge is 0.496 e. The number of nitrogens with zero attached hydrogens (tertiary/aromatic N) is 1. The maximum atomic E-state index is 10.5. The highest BCUT2D eigenvalue weighted by Gasteiger charge is 2.21. The molecule has 5 heteroatoms. The first-order valence-corrected chi connectivity index (χ1v) is 6.84. The summed E-state index contributed by atoms with van der Waals surface area (Å²) in [7, 11) is 1.58. The van der Waals surface area contributed by atoms with Gasteiger partial charge in [-0.1, -0.05) is 35.3 Å². The number of halogens is 2. The molecule has 1 unspecified atom stereocenters. The molecule has 0 fully saturated rings. The number of hydrogen-bond donors (Lipinski definition) is 1. The van der Waals surface area contributed by atoms with Crippen LogP contribution in [0.25, 0.3) is 0 Å². The fourth-order valence-corrected chi connectivity index (χ4v) is 2.55. The average Bonchev–Trinajstić information content (AvgIpc) is 2.41. The normalized spacial score (nSPS) is 12.3. The Balaban J connectivity index is 2.53. The van der Waals surface area contributed by atoms with E-state index in [2.05, 4.69) is 4.98 Å². The van der Waals surface area contributed by atoms with Crippen molar-refractivity contribution in [1.82, 2.24) is 4.98 Å². The van der Waals surface area contributed by atoms with Crippen molar-refractivity contribution in [2.75, 3.05) is 7.11 Å². The lowest BCUT2D eigenvalue weighted by Gasteiger charge is -2.18. The lowest BCUT2D eigenvalue weighted by Crippen LogP contribution is -2.07. The van der Waals surface area contributed by atoms with Gasteiger partial charge in [0.15, 0.2) is 0 Å². The van der Waals surface area contributed by atoms with Crippen molar-refractivity contribution in [1.29, 1.82) is 0 Å². The molecule has 0 spiro atoms. The number of hydrogen-bond acceptors (Lipinski definition) is 3. The molecular weight excluding hydrogens is 297 g/mol. The van der Waals surface area contributed by atoms with E-state index < -0.39 is 6.10 Å². The summed E-state index contributed by atoms with van der Waals surface area (Å²) in [5.41, 5.74) is 3.06. The van der Waals surface area contributed by atoms with Crippen molar-refractivity contribution in [3.05, 3.63) is 56.8 Å². The number of aliphatic hydroxyl groups is 1. The Labute approximate surface area is 128 Å². The summed E-state index contributed by atoms with van der Waals surface area (Å²) in [5.74, 6) is 0.644. The van der Waals surface area contributed by atoms with E-state index in [1.54, 1.807) is 13.2 Å². The van der Waals surface area contributed by atoms with Crippen LogP contribution in [-0.2, 0) is 0 Å². The number of aryl methyl sites for hydroxylation is 1. The fourth-order valence-electron chi connectivity index (χ4n) is 2.07. The lowest BCUT2D eigenvalue weighted by atomic mass is 9.98. The van der Waals surface area contributed by atoms with Crippen LogP contribution in [0.3, 0.4) is 0 Å². The van der Waals surface area contributed by atoms with Crippen LogP contribution in [0.2, 0.25) is 10.0 Å².